The van der Waals surface area contributed by atoms with Crippen molar-refractivity contribution in [3.05, 3.63) is 60.8 Å². The predicted octanol–water partition coefficient (Wildman–Crippen LogP) is 7.11. The first-order chi connectivity index (χ1) is 16.7. The third-order valence-corrected chi connectivity index (χ3v) is 5.54. The van der Waals surface area contributed by atoms with Gasteiger partial charge >= 0.3 is 0 Å². The van der Waals surface area contributed by atoms with Gasteiger partial charge in [-0.1, -0.05) is 100 Å². The smallest absolute Gasteiger partial charge is 0.220 e. The fraction of sp³-hybridized carbons (Fsp3) is 0.633. The summed E-state index contributed by atoms with van der Waals surface area (Å²) in [6.45, 7) is 4.04. The highest BCUT2D eigenvalue weighted by Gasteiger charge is 2.19. The lowest BCUT2D eigenvalue weighted by molar-refractivity contribution is -0.123. The Morgan fingerprint density at radius 1 is 0.735 bits per heavy atom. The Labute approximate surface area is 209 Å². The molecular weight excluding hydrogens is 422 g/mol. The third kappa shape index (κ3) is 21.9. The lowest BCUT2D eigenvalue weighted by atomic mass is 10.0. The van der Waals surface area contributed by atoms with Crippen molar-refractivity contribution in [1.29, 1.82) is 0 Å². The van der Waals surface area contributed by atoms with E-state index in [1.807, 2.05) is 0 Å². The molecule has 34 heavy (non-hydrogen) atoms. The summed E-state index contributed by atoms with van der Waals surface area (Å²) in [6.07, 6.45) is 34.5. The maximum atomic E-state index is 12.1. The summed E-state index contributed by atoms with van der Waals surface area (Å²) in [4.78, 5) is 12.1. The number of allylic oxidation sites excluding steroid dienone is 10. The molecule has 3 N–H and O–H groups in total. The van der Waals surface area contributed by atoms with E-state index in [0.29, 0.717) is 12.8 Å². The lowest BCUT2D eigenvalue weighted by Gasteiger charge is -2.22. The molecule has 4 nitrogen and oxygen atoms in total. The predicted molar refractivity (Wildman–Crippen MR) is 147 cm³/mol. The van der Waals surface area contributed by atoms with E-state index in [4.69, 9.17) is 0 Å². The van der Waals surface area contributed by atoms with Crippen LogP contribution >= 0.6 is 0 Å². The molecule has 0 radical (unpaired) electrons. The maximum Gasteiger partial charge on any atom is 0.220 e. The van der Waals surface area contributed by atoms with Crippen LogP contribution in [-0.2, 0) is 4.79 Å². The molecule has 2 atom stereocenters. The fourth-order valence-electron chi connectivity index (χ4n) is 3.44. The van der Waals surface area contributed by atoms with Crippen LogP contribution < -0.4 is 5.32 Å². The molecule has 0 aliphatic rings. The molecule has 0 aromatic rings. The molecule has 0 spiro atoms. The first-order valence-corrected chi connectivity index (χ1v) is 13.5. The number of unbranched alkanes of at least 4 members (excludes halogenated alkanes) is 5. The minimum atomic E-state index is -0.671. The Balaban J connectivity index is 3.69. The van der Waals surface area contributed by atoms with E-state index in [1.165, 1.54) is 0 Å². The van der Waals surface area contributed by atoms with Crippen LogP contribution in [0.2, 0.25) is 0 Å². The number of hydrogen-bond acceptors (Lipinski definition) is 3. The Kier molecular flexibility index (Phi) is 24.3. The molecule has 0 fully saturated rings. The minimum Gasteiger partial charge on any atom is -0.394 e. The molecule has 0 heterocycles. The summed E-state index contributed by atoms with van der Waals surface area (Å²) in [7, 11) is 0. The summed E-state index contributed by atoms with van der Waals surface area (Å²) in [5, 5.41) is 22.3. The Morgan fingerprint density at radius 3 is 1.82 bits per heavy atom. The Bertz CT molecular complexity index is 604. The molecule has 0 aromatic heterocycles. The SMILES string of the molecule is CC/C=C\C/C=C\C/C=C\C/C=C\C/C=C\CCCCCC(=O)NC(CO)C(O)CCCCC. The van der Waals surface area contributed by atoms with Gasteiger partial charge in [0.1, 0.15) is 0 Å². The first kappa shape index (κ1) is 32.1. The van der Waals surface area contributed by atoms with Crippen LogP contribution in [0.3, 0.4) is 0 Å². The summed E-state index contributed by atoms with van der Waals surface area (Å²) in [5.74, 6) is -0.0801. The number of amides is 1. The molecule has 0 aliphatic carbocycles. The van der Waals surface area contributed by atoms with Gasteiger partial charge in [-0.3, -0.25) is 4.79 Å². The van der Waals surface area contributed by atoms with Gasteiger partial charge in [0.05, 0.1) is 18.8 Å². The standard InChI is InChI=1S/C30H51NO3/c1-3-5-7-8-9-10-11-12-13-14-15-16-17-18-19-20-21-22-24-26-30(34)31-28(27-32)29(33)25-23-6-4-2/h5,7,9-10,12-13,15-16,18-19,28-29,32-33H,3-4,6,8,11,14,17,20-27H2,1-2H3,(H,31,34)/b7-5-,10-9-,13-12-,16-15-,19-18-. The normalized spacial score (nSPS) is 14.4. The number of rotatable bonds is 22. The molecule has 0 aromatic carbocycles. The number of hydrogen-bond donors (Lipinski definition) is 3. The summed E-state index contributed by atoms with van der Waals surface area (Å²) < 4.78 is 0. The molecule has 0 saturated carbocycles. The zero-order valence-electron chi connectivity index (χ0n) is 21.8. The van der Waals surface area contributed by atoms with Gasteiger partial charge in [-0.25, -0.2) is 0 Å². The van der Waals surface area contributed by atoms with E-state index in [1.54, 1.807) is 0 Å². The topological polar surface area (TPSA) is 69.6 Å². The van der Waals surface area contributed by atoms with E-state index in [9.17, 15) is 15.0 Å². The lowest BCUT2D eigenvalue weighted by Crippen LogP contribution is -2.45. The average molecular weight is 474 g/mol. The van der Waals surface area contributed by atoms with Crippen molar-refractivity contribution in [2.24, 2.45) is 0 Å². The van der Waals surface area contributed by atoms with Gasteiger partial charge in [-0.2, -0.15) is 0 Å². The van der Waals surface area contributed by atoms with Crippen molar-refractivity contribution in [1.82, 2.24) is 5.32 Å². The van der Waals surface area contributed by atoms with Crippen molar-refractivity contribution in [3.8, 4) is 0 Å². The van der Waals surface area contributed by atoms with Crippen molar-refractivity contribution in [2.75, 3.05) is 6.61 Å². The largest absolute Gasteiger partial charge is 0.394 e. The highest BCUT2D eigenvalue weighted by atomic mass is 16.3. The molecule has 0 aliphatic heterocycles. The summed E-state index contributed by atoms with van der Waals surface area (Å²) in [6, 6.07) is -0.550. The van der Waals surface area contributed by atoms with Gasteiger partial charge in [0.25, 0.3) is 0 Å². The maximum absolute atomic E-state index is 12.1. The summed E-state index contributed by atoms with van der Waals surface area (Å²) >= 11 is 0. The van der Waals surface area contributed by atoms with Gasteiger partial charge in [0.15, 0.2) is 0 Å². The van der Waals surface area contributed by atoms with Crippen molar-refractivity contribution >= 4 is 5.91 Å². The van der Waals surface area contributed by atoms with Gasteiger partial charge in [0.2, 0.25) is 5.91 Å². The van der Waals surface area contributed by atoms with Crippen LogP contribution in [0.15, 0.2) is 60.8 Å². The van der Waals surface area contributed by atoms with Gasteiger partial charge in [-0.05, 0) is 57.8 Å². The highest BCUT2D eigenvalue weighted by molar-refractivity contribution is 5.76. The van der Waals surface area contributed by atoms with Crippen molar-refractivity contribution < 1.29 is 15.0 Å². The highest BCUT2D eigenvalue weighted by Crippen LogP contribution is 2.08. The molecule has 1 amide bonds. The van der Waals surface area contributed by atoms with Crippen LogP contribution in [0.4, 0.5) is 0 Å². The monoisotopic (exact) mass is 473 g/mol. The van der Waals surface area contributed by atoms with E-state index in [0.717, 1.165) is 77.0 Å². The summed E-state index contributed by atoms with van der Waals surface area (Å²) in [5.41, 5.74) is 0. The van der Waals surface area contributed by atoms with Gasteiger partial charge in [-0.15, -0.1) is 0 Å². The van der Waals surface area contributed by atoms with Crippen LogP contribution in [0.5, 0.6) is 0 Å². The zero-order valence-corrected chi connectivity index (χ0v) is 21.8. The fourth-order valence-corrected chi connectivity index (χ4v) is 3.44. The number of aliphatic hydroxyl groups is 2. The van der Waals surface area contributed by atoms with Gasteiger partial charge < -0.3 is 15.5 Å². The van der Waals surface area contributed by atoms with E-state index >= 15 is 0 Å². The third-order valence-electron chi connectivity index (χ3n) is 5.54. The quantitative estimate of drug-likeness (QED) is 0.116. The van der Waals surface area contributed by atoms with E-state index < -0.39 is 12.1 Å². The van der Waals surface area contributed by atoms with Crippen LogP contribution in [0, 0.1) is 0 Å². The van der Waals surface area contributed by atoms with E-state index in [2.05, 4.69) is 79.9 Å². The van der Waals surface area contributed by atoms with Crippen LogP contribution in [0.25, 0.3) is 0 Å². The Morgan fingerprint density at radius 2 is 1.29 bits per heavy atom. The van der Waals surface area contributed by atoms with Gasteiger partial charge in [0, 0.05) is 6.42 Å². The number of carbonyl (C=O) groups excluding carboxylic acids is 1. The van der Waals surface area contributed by atoms with Crippen molar-refractivity contribution in [3.63, 3.8) is 0 Å². The molecule has 0 saturated heterocycles. The Hall–Kier alpha value is -1.91. The average Bonchev–Trinajstić information content (AvgIpc) is 2.84. The molecule has 0 rings (SSSR count). The van der Waals surface area contributed by atoms with Crippen LogP contribution in [0.1, 0.15) is 104 Å². The van der Waals surface area contributed by atoms with E-state index in [-0.39, 0.29) is 12.5 Å². The molecule has 0 bridgehead atoms. The number of aliphatic hydroxyl groups excluding tert-OH is 2. The van der Waals surface area contributed by atoms with Crippen molar-refractivity contribution in [2.45, 2.75) is 116 Å². The minimum absolute atomic E-state index is 0.0801. The molecule has 194 valence electrons. The first-order valence-electron chi connectivity index (χ1n) is 13.5. The molecular formula is C30H51NO3. The van der Waals surface area contributed by atoms with Crippen LogP contribution in [-0.4, -0.2) is 34.9 Å². The number of nitrogens with one attached hydrogen (secondary N) is 1. The second kappa shape index (κ2) is 25.7. The molecule has 4 heteroatoms. The second-order valence-electron chi connectivity index (χ2n) is 8.73. The number of carbonyl (C=O) groups is 1. The molecule has 2 unspecified atom stereocenters. The second-order valence-corrected chi connectivity index (χ2v) is 8.73. The zero-order chi connectivity index (χ0) is 25.1.